The Morgan fingerprint density at radius 3 is 2.69 bits per heavy atom. The molecule has 1 N–H and O–H groups in total. The number of nitrogens with zero attached hydrogens (tertiary/aromatic N) is 3. The number of fused-ring (bicyclic) bond motifs is 1. The number of benzene rings is 2. The van der Waals surface area contributed by atoms with Gasteiger partial charge >= 0.3 is 5.91 Å². The van der Waals surface area contributed by atoms with E-state index in [1.165, 1.54) is 16.2 Å². The molecule has 5 rings (SSSR count). The SMILES string of the molecule is Cc1cc2sc(N3C(=O)C(=O)/C(=C(/O)c4cccc(OC(C)C)c4)C3c3cccnc3)nc2cc1Cl. The third kappa shape index (κ3) is 4.23. The molecular formula is C27H22ClN3O4S. The van der Waals surface area contributed by atoms with Gasteiger partial charge in [0.05, 0.1) is 27.9 Å². The number of carbonyl (C=O) groups excluding carboxylic acids is 2. The van der Waals surface area contributed by atoms with Crippen molar-refractivity contribution >= 4 is 55.7 Å². The van der Waals surface area contributed by atoms with Crippen LogP contribution in [-0.4, -0.2) is 32.9 Å². The standard InChI is InChI=1S/C27H22ClN3O4S/c1-14(2)35-18-8-4-6-16(11-18)24(32)22-23(17-7-5-9-29-13-17)31(26(34)25(22)33)27-30-20-12-19(28)15(3)10-21(20)36-27/h4-14,23,32H,1-3H3/b24-22+. The van der Waals surface area contributed by atoms with Gasteiger partial charge in [0.15, 0.2) is 5.13 Å². The Balaban J connectivity index is 1.69. The predicted octanol–water partition coefficient (Wildman–Crippen LogP) is 6.07. The Morgan fingerprint density at radius 2 is 1.97 bits per heavy atom. The molecule has 0 spiro atoms. The van der Waals surface area contributed by atoms with E-state index in [0.29, 0.717) is 32.5 Å². The summed E-state index contributed by atoms with van der Waals surface area (Å²) in [6.45, 7) is 5.68. The van der Waals surface area contributed by atoms with Gasteiger partial charge in [0, 0.05) is 23.0 Å². The number of carbonyl (C=O) groups is 2. The number of anilines is 1. The molecule has 182 valence electrons. The summed E-state index contributed by atoms with van der Waals surface area (Å²) in [6, 6.07) is 13.0. The van der Waals surface area contributed by atoms with Crippen molar-refractivity contribution in [1.82, 2.24) is 9.97 Å². The molecule has 0 radical (unpaired) electrons. The van der Waals surface area contributed by atoms with Crippen molar-refractivity contribution in [2.24, 2.45) is 0 Å². The van der Waals surface area contributed by atoms with Crippen LogP contribution in [0.4, 0.5) is 5.13 Å². The smallest absolute Gasteiger partial charge is 0.301 e. The van der Waals surface area contributed by atoms with E-state index < -0.39 is 17.7 Å². The van der Waals surface area contributed by atoms with Gasteiger partial charge in [0.1, 0.15) is 11.5 Å². The minimum atomic E-state index is -0.912. The molecule has 0 saturated carbocycles. The summed E-state index contributed by atoms with van der Waals surface area (Å²) in [5.41, 5.74) is 2.40. The minimum absolute atomic E-state index is 0.0387. The fourth-order valence-electron chi connectivity index (χ4n) is 4.17. The zero-order valence-corrected chi connectivity index (χ0v) is 21.3. The lowest BCUT2D eigenvalue weighted by atomic mass is 9.96. The number of aliphatic hydroxyl groups excluding tert-OH is 1. The monoisotopic (exact) mass is 519 g/mol. The molecule has 1 aliphatic rings. The van der Waals surface area contributed by atoms with Crippen molar-refractivity contribution in [2.45, 2.75) is 32.9 Å². The number of hydrogen-bond acceptors (Lipinski definition) is 7. The quantitative estimate of drug-likeness (QED) is 0.195. The number of halogens is 1. The predicted molar refractivity (Wildman–Crippen MR) is 141 cm³/mol. The minimum Gasteiger partial charge on any atom is -0.507 e. The number of aryl methyl sites for hydroxylation is 1. The van der Waals surface area contributed by atoms with Crippen LogP contribution in [-0.2, 0) is 9.59 Å². The van der Waals surface area contributed by atoms with E-state index in [4.69, 9.17) is 16.3 Å². The van der Waals surface area contributed by atoms with Crippen LogP contribution in [0.15, 0.2) is 66.5 Å². The largest absolute Gasteiger partial charge is 0.507 e. The number of rotatable bonds is 5. The van der Waals surface area contributed by atoms with Gasteiger partial charge < -0.3 is 9.84 Å². The van der Waals surface area contributed by atoms with Crippen molar-refractivity contribution in [3.8, 4) is 5.75 Å². The molecule has 1 fully saturated rings. The average molecular weight is 520 g/mol. The zero-order valence-electron chi connectivity index (χ0n) is 19.7. The van der Waals surface area contributed by atoms with Crippen LogP contribution in [0, 0.1) is 6.92 Å². The fraction of sp³-hybridized carbons (Fsp3) is 0.185. The van der Waals surface area contributed by atoms with E-state index >= 15 is 0 Å². The third-order valence-electron chi connectivity index (χ3n) is 5.79. The van der Waals surface area contributed by atoms with Crippen molar-refractivity contribution in [1.29, 1.82) is 0 Å². The molecule has 1 saturated heterocycles. The van der Waals surface area contributed by atoms with Crippen LogP contribution >= 0.6 is 22.9 Å². The second-order valence-corrected chi connectivity index (χ2v) is 10.1. The number of aliphatic hydroxyl groups is 1. The number of Topliss-reactive ketones (excluding diaryl/α,β-unsaturated/α-hetero) is 1. The van der Waals surface area contributed by atoms with E-state index in [9.17, 15) is 14.7 Å². The lowest BCUT2D eigenvalue weighted by molar-refractivity contribution is -0.132. The van der Waals surface area contributed by atoms with Gasteiger partial charge in [-0.25, -0.2) is 4.98 Å². The molecular weight excluding hydrogens is 498 g/mol. The molecule has 4 aromatic rings. The van der Waals surface area contributed by atoms with Crippen molar-refractivity contribution in [2.75, 3.05) is 4.90 Å². The first kappa shape index (κ1) is 24.0. The third-order valence-corrected chi connectivity index (χ3v) is 7.21. The summed E-state index contributed by atoms with van der Waals surface area (Å²) in [6.07, 6.45) is 3.11. The van der Waals surface area contributed by atoms with E-state index in [-0.39, 0.29) is 17.4 Å². The Labute approximate surface area is 216 Å². The summed E-state index contributed by atoms with van der Waals surface area (Å²) in [5.74, 6) is -1.33. The number of aromatic nitrogens is 2. The van der Waals surface area contributed by atoms with Crippen LogP contribution in [0.3, 0.4) is 0 Å². The van der Waals surface area contributed by atoms with Gasteiger partial charge in [0.25, 0.3) is 5.78 Å². The first-order valence-electron chi connectivity index (χ1n) is 11.3. The van der Waals surface area contributed by atoms with Crippen LogP contribution < -0.4 is 9.64 Å². The highest BCUT2D eigenvalue weighted by Gasteiger charge is 2.48. The Bertz CT molecular complexity index is 1490. The number of hydrogen-bond donors (Lipinski definition) is 1. The lowest BCUT2D eigenvalue weighted by Crippen LogP contribution is -2.29. The first-order valence-corrected chi connectivity index (χ1v) is 12.5. The van der Waals surface area contributed by atoms with Crippen molar-refractivity contribution in [3.05, 3.63) is 88.2 Å². The van der Waals surface area contributed by atoms with Gasteiger partial charge in [0.2, 0.25) is 0 Å². The molecule has 2 aromatic heterocycles. The summed E-state index contributed by atoms with van der Waals surface area (Å²) >= 11 is 7.56. The molecule has 2 aromatic carbocycles. The zero-order chi connectivity index (χ0) is 25.6. The van der Waals surface area contributed by atoms with Crippen molar-refractivity contribution < 1.29 is 19.4 Å². The van der Waals surface area contributed by atoms with Gasteiger partial charge in [-0.05, 0) is 62.2 Å². The molecule has 1 amide bonds. The maximum absolute atomic E-state index is 13.4. The van der Waals surface area contributed by atoms with Gasteiger partial charge in [-0.3, -0.25) is 19.5 Å². The van der Waals surface area contributed by atoms with E-state index in [0.717, 1.165) is 10.3 Å². The molecule has 7 nitrogen and oxygen atoms in total. The van der Waals surface area contributed by atoms with Crippen LogP contribution in [0.2, 0.25) is 5.02 Å². The normalized spacial score (nSPS) is 17.4. The second-order valence-electron chi connectivity index (χ2n) is 8.72. The van der Waals surface area contributed by atoms with Crippen LogP contribution in [0.5, 0.6) is 5.75 Å². The number of ether oxygens (including phenoxy) is 1. The van der Waals surface area contributed by atoms with E-state index in [1.807, 2.05) is 26.8 Å². The highest BCUT2D eigenvalue weighted by Crippen LogP contribution is 2.44. The second kappa shape index (κ2) is 9.37. The van der Waals surface area contributed by atoms with Gasteiger partial charge in [-0.15, -0.1) is 0 Å². The molecule has 3 heterocycles. The van der Waals surface area contributed by atoms with Crippen LogP contribution in [0.1, 0.15) is 36.6 Å². The fourth-order valence-corrected chi connectivity index (χ4v) is 5.40. The van der Waals surface area contributed by atoms with Gasteiger partial charge in [-0.2, -0.15) is 0 Å². The molecule has 0 bridgehead atoms. The highest BCUT2D eigenvalue weighted by atomic mass is 35.5. The maximum atomic E-state index is 13.4. The van der Waals surface area contributed by atoms with Gasteiger partial charge in [-0.1, -0.05) is 41.1 Å². The van der Waals surface area contributed by atoms with E-state index in [2.05, 4.69) is 9.97 Å². The van der Waals surface area contributed by atoms with Crippen LogP contribution in [0.25, 0.3) is 16.0 Å². The van der Waals surface area contributed by atoms with Crippen molar-refractivity contribution in [3.63, 3.8) is 0 Å². The summed E-state index contributed by atoms with van der Waals surface area (Å²) in [4.78, 5) is 36.9. The first-order chi connectivity index (χ1) is 17.2. The molecule has 36 heavy (non-hydrogen) atoms. The Morgan fingerprint density at radius 1 is 1.17 bits per heavy atom. The number of amides is 1. The molecule has 0 aliphatic carbocycles. The Hall–Kier alpha value is -3.75. The summed E-state index contributed by atoms with van der Waals surface area (Å²) < 4.78 is 6.58. The number of ketones is 1. The lowest BCUT2D eigenvalue weighted by Gasteiger charge is -2.22. The number of pyridine rings is 1. The Kier molecular flexibility index (Phi) is 6.24. The summed E-state index contributed by atoms with van der Waals surface area (Å²) in [5, 5.41) is 12.2. The highest BCUT2D eigenvalue weighted by molar-refractivity contribution is 7.22. The average Bonchev–Trinajstić information content (AvgIpc) is 3.36. The molecule has 1 unspecified atom stereocenters. The molecule has 1 aliphatic heterocycles. The summed E-state index contributed by atoms with van der Waals surface area (Å²) in [7, 11) is 0. The molecule has 1 atom stereocenters. The topological polar surface area (TPSA) is 92.6 Å². The molecule has 9 heteroatoms. The number of thiazole rings is 1. The van der Waals surface area contributed by atoms with E-state index in [1.54, 1.807) is 54.9 Å². The maximum Gasteiger partial charge on any atom is 0.301 e.